The number of nitrogens with two attached hydrogens (primary N) is 2. The van der Waals surface area contributed by atoms with Gasteiger partial charge in [0.1, 0.15) is 29.3 Å². The van der Waals surface area contributed by atoms with Gasteiger partial charge in [-0.05, 0) is 17.7 Å². The fourth-order valence-electron chi connectivity index (χ4n) is 3.84. The predicted octanol–water partition coefficient (Wildman–Crippen LogP) is 0.305. The van der Waals surface area contributed by atoms with Crippen LogP contribution in [0.4, 0.5) is 17.3 Å². The Balaban J connectivity index is 1.66. The number of aromatic nitrogens is 1. The topological polar surface area (TPSA) is 197 Å². The van der Waals surface area contributed by atoms with Gasteiger partial charge in [0, 0.05) is 18.7 Å². The van der Waals surface area contributed by atoms with Gasteiger partial charge in [-0.15, -0.1) is 0 Å². The van der Waals surface area contributed by atoms with E-state index < -0.39 is 6.04 Å². The number of anilines is 3. The molecule has 2 aliphatic heterocycles. The Hall–Kier alpha value is -4.75. The zero-order valence-corrected chi connectivity index (χ0v) is 18.9. The number of pyridine rings is 1. The highest BCUT2D eigenvalue weighted by Gasteiger charge is 2.30. The molecule has 1 unspecified atom stereocenters. The molecule has 1 saturated heterocycles. The quantitative estimate of drug-likeness (QED) is 0.341. The van der Waals surface area contributed by atoms with Gasteiger partial charge in [0.25, 0.3) is 5.91 Å². The van der Waals surface area contributed by atoms with Gasteiger partial charge in [-0.2, -0.15) is 10.5 Å². The molecule has 13 heteroatoms. The van der Waals surface area contributed by atoms with E-state index in [1.807, 2.05) is 6.07 Å². The number of nitriles is 2. The van der Waals surface area contributed by atoms with Gasteiger partial charge in [0.2, 0.25) is 5.96 Å². The number of guanidine groups is 1. The van der Waals surface area contributed by atoms with Crippen molar-refractivity contribution in [3.8, 4) is 23.8 Å². The minimum absolute atomic E-state index is 0.0379. The number of rotatable bonds is 5. The van der Waals surface area contributed by atoms with E-state index in [2.05, 4.69) is 20.6 Å². The first-order chi connectivity index (χ1) is 17.0. The number of hydrogen-bond donors (Lipinski definition) is 4. The standard InChI is InChI=1S/C22H23N9O4/c1-33-15-8-12(2-3-14(15)35-10-16(32)31-4-6-34-7-5-31)19-17-18(25)13(9-23)20(26)29-21(17)30-22(28-19)27-11-24/h2-3,8,19H,4-7,10H2,1H3,(H6,25,26,27,28,29,30). The zero-order chi connectivity index (χ0) is 24.9. The molecule has 1 atom stereocenters. The summed E-state index contributed by atoms with van der Waals surface area (Å²) in [7, 11) is 1.47. The number of carbonyl (C=O) groups is 1. The van der Waals surface area contributed by atoms with Crippen LogP contribution in [0.1, 0.15) is 22.7 Å². The summed E-state index contributed by atoms with van der Waals surface area (Å²) < 4.78 is 16.5. The first kappa shape index (κ1) is 23.4. The molecule has 0 saturated carbocycles. The van der Waals surface area contributed by atoms with Gasteiger partial charge in [0.15, 0.2) is 24.3 Å². The molecule has 0 aliphatic carbocycles. The van der Waals surface area contributed by atoms with Crippen LogP contribution in [0.15, 0.2) is 23.2 Å². The van der Waals surface area contributed by atoms with Gasteiger partial charge < -0.3 is 35.9 Å². The first-order valence-corrected chi connectivity index (χ1v) is 10.6. The number of ether oxygens (including phenoxy) is 3. The average molecular weight is 477 g/mol. The fraction of sp³-hybridized carbons (Fsp3) is 0.318. The van der Waals surface area contributed by atoms with E-state index in [9.17, 15) is 10.1 Å². The van der Waals surface area contributed by atoms with E-state index in [1.165, 1.54) is 7.11 Å². The Morgan fingerprint density at radius 3 is 2.77 bits per heavy atom. The second-order valence-electron chi connectivity index (χ2n) is 7.59. The molecule has 2 aromatic rings. The van der Waals surface area contributed by atoms with Crippen LogP contribution >= 0.6 is 0 Å². The number of benzene rings is 1. The minimum Gasteiger partial charge on any atom is -0.493 e. The van der Waals surface area contributed by atoms with Crippen LogP contribution in [0, 0.1) is 22.8 Å². The number of methoxy groups -OCH3 is 1. The zero-order valence-electron chi connectivity index (χ0n) is 18.9. The normalized spacial score (nSPS) is 16.6. The highest BCUT2D eigenvalue weighted by Crippen LogP contribution is 2.42. The summed E-state index contributed by atoms with van der Waals surface area (Å²) in [5, 5.41) is 23.8. The number of nitrogens with one attached hydrogen (secondary N) is 2. The molecule has 1 fully saturated rings. The van der Waals surface area contributed by atoms with E-state index in [0.29, 0.717) is 48.9 Å². The summed E-state index contributed by atoms with van der Waals surface area (Å²) in [5.41, 5.74) is 13.4. The lowest BCUT2D eigenvalue weighted by Gasteiger charge is -2.27. The van der Waals surface area contributed by atoms with Crippen LogP contribution in [0.2, 0.25) is 0 Å². The van der Waals surface area contributed by atoms with Gasteiger partial charge in [-0.25, -0.2) is 9.98 Å². The van der Waals surface area contributed by atoms with Crippen molar-refractivity contribution in [3.05, 3.63) is 34.9 Å². The molecule has 4 rings (SSSR count). The molecular formula is C22H23N9O4. The second-order valence-corrected chi connectivity index (χ2v) is 7.59. The number of hydrogen-bond acceptors (Lipinski definition) is 12. The number of fused-ring (bicyclic) bond motifs is 1. The molecule has 0 spiro atoms. The molecule has 13 nitrogen and oxygen atoms in total. The van der Waals surface area contributed by atoms with Crippen molar-refractivity contribution in [1.29, 1.82) is 10.5 Å². The number of nitrogens with zero attached hydrogens (tertiary/aromatic N) is 5. The molecule has 2 aliphatic rings. The van der Waals surface area contributed by atoms with Crippen LogP contribution < -0.4 is 31.6 Å². The second kappa shape index (κ2) is 10.0. The average Bonchev–Trinajstić information content (AvgIpc) is 2.87. The third-order valence-corrected chi connectivity index (χ3v) is 5.58. The molecule has 1 amide bonds. The SMILES string of the molecule is COc1cc(C2N=C(NC#N)Nc3nc(N)c(C#N)c(N)c32)ccc1OCC(=O)N1CCOCC1. The lowest BCUT2D eigenvalue weighted by atomic mass is 9.95. The third-order valence-electron chi connectivity index (χ3n) is 5.58. The van der Waals surface area contributed by atoms with Crippen LogP contribution in [-0.2, 0) is 9.53 Å². The Morgan fingerprint density at radius 2 is 2.09 bits per heavy atom. The number of morpholine rings is 1. The molecule has 35 heavy (non-hydrogen) atoms. The van der Waals surface area contributed by atoms with E-state index in [0.717, 1.165) is 0 Å². The van der Waals surface area contributed by atoms with Crippen LogP contribution in [0.3, 0.4) is 0 Å². The summed E-state index contributed by atoms with van der Waals surface area (Å²) in [5.74, 6) is 0.948. The van der Waals surface area contributed by atoms with Crippen molar-refractivity contribution in [1.82, 2.24) is 15.2 Å². The van der Waals surface area contributed by atoms with Crippen molar-refractivity contribution in [2.75, 3.05) is 56.8 Å². The van der Waals surface area contributed by atoms with Crippen molar-refractivity contribution in [3.63, 3.8) is 0 Å². The lowest BCUT2D eigenvalue weighted by Crippen LogP contribution is -2.43. The van der Waals surface area contributed by atoms with Crippen molar-refractivity contribution < 1.29 is 19.0 Å². The number of nitrogen functional groups attached to an aromatic ring is 2. The van der Waals surface area contributed by atoms with Crippen LogP contribution in [0.25, 0.3) is 0 Å². The predicted molar refractivity (Wildman–Crippen MR) is 125 cm³/mol. The van der Waals surface area contributed by atoms with E-state index in [1.54, 1.807) is 29.3 Å². The smallest absolute Gasteiger partial charge is 0.260 e. The fourth-order valence-corrected chi connectivity index (χ4v) is 3.84. The first-order valence-electron chi connectivity index (χ1n) is 10.6. The third kappa shape index (κ3) is 4.66. The van der Waals surface area contributed by atoms with Crippen LogP contribution in [0.5, 0.6) is 11.5 Å². The van der Waals surface area contributed by atoms with Crippen molar-refractivity contribution in [2.24, 2.45) is 4.99 Å². The maximum atomic E-state index is 12.4. The number of amides is 1. The summed E-state index contributed by atoms with van der Waals surface area (Å²) in [6.07, 6.45) is 1.80. The minimum atomic E-state index is -0.736. The highest BCUT2D eigenvalue weighted by molar-refractivity contribution is 5.98. The van der Waals surface area contributed by atoms with E-state index in [4.69, 9.17) is 30.9 Å². The lowest BCUT2D eigenvalue weighted by molar-refractivity contribution is -0.137. The summed E-state index contributed by atoms with van der Waals surface area (Å²) in [6.45, 7) is 1.90. The molecule has 3 heterocycles. The largest absolute Gasteiger partial charge is 0.493 e. The Kier molecular flexibility index (Phi) is 6.71. The van der Waals surface area contributed by atoms with Gasteiger partial charge in [-0.3, -0.25) is 10.1 Å². The monoisotopic (exact) mass is 477 g/mol. The Bertz CT molecular complexity index is 1260. The molecule has 1 aromatic heterocycles. The molecule has 0 bridgehead atoms. The van der Waals surface area contributed by atoms with Gasteiger partial charge in [0.05, 0.1) is 26.0 Å². The molecular weight excluding hydrogens is 454 g/mol. The Morgan fingerprint density at radius 1 is 1.31 bits per heavy atom. The Labute approximate surface area is 200 Å². The summed E-state index contributed by atoms with van der Waals surface area (Å²) >= 11 is 0. The molecule has 0 radical (unpaired) electrons. The molecule has 1 aromatic carbocycles. The van der Waals surface area contributed by atoms with E-state index >= 15 is 0 Å². The molecule has 6 N–H and O–H groups in total. The molecule has 180 valence electrons. The highest BCUT2D eigenvalue weighted by atomic mass is 16.5. The van der Waals surface area contributed by atoms with Gasteiger partial charge in [-0.1, -0.05) is 6.07 Å². The van der Waals surface area contributed by atoms with Gasteiger partial charge >= 0.3 is 0 Å². The summed E-state index contributed by atoms with van der Waals surface area (Å²) in [6, 6.07) is 6.29. The van der Waals surface area contributed by atoms with Crippen LogP contribution in [-0.4, -0.2) is 61.8 Å². The van der Waals surface area contributed by atoms with Crippen molar-refractivity contribution >= 4 is 29.2 Å². The van der Waals surface area contributed by atoms with Crippen molar-refractivity contribution in [2.45, 2.75) is 6.04 Å². The number of aliphatic imine (C=N–C) groups is 1. The van der Waals surface area contributed by atoms with E-state index in [-0.39, 0.29) is 41.4 Å². The summed E-state index contributed by atoms with van der Waals surface area (Å²) in [4.78, 5) is 22.9. The maximum absolute atomic E-state index is 12.4. The number of carbonyl (C=O) groups excluding carboxylic acids is 1. The maximum Gasteiger partial charge on any atom is 0.260 e.